The third kappa shape index (κ3) is 9.22. The van der Waals surface area contributed by atoms with Gasteiger partial charge in [-0.1, -0.05) is 206 Å². The first kappa shape index (κ1) is 59.6. The van der Waals surface area contributed by atoms with E-state index < -0.39 is 0 Å². The Hall–Kier alpha value is -8.74. The van der Waals surface area contributed by atoms with Crippen molar-refractivity contribution in [2.24, 2.45) is 0 Å². The van der Waals surface area contributed by atoms with Gasteiger partial charge in [-0.15, -0.1) is 0 Å². The molecule has 2 atom stereocenters. The molecule has 5 nitrogen and oxygen atoms in total. The van der Waals surface area contributed by atoms with E-state index in [2.05, 4.69) is 341 Å². The molecule has 0 amide bonds. The van der Waals surface area contributed by atoms with Gasteiger partial charge in [0, 0.05) is 78.7 Å². The number of fused-ring (bicyclic) bond motifs is 10. The van der Waals surface area contributed by atoms with Crippen LogP contribution in [0.3, 0.4) is 0 Å². The summed E-state index contributed by atoms with van der Waals surface area (Å²) in [6, 6.07) is 80.4. The van der Waals surface area contributed by atoms with Crippen LogP contribution in [0.25, 0.3) is 27.5 Å². The lowest BCUT2D eigenvalue weighted by molar-refractivity contribution is 0.195. The number of benzene rings is 10. The van der Waals surface area contributed by atoms with E-state index in [0.29, 0.717) is 0 Å². The van der Waals surface area contributed by atoms with Gasteiger partial charge in [-0.3, -0.25) is 0 Å². The second-order valence-electron chi connectivity index (χ2n) is 32.0. The van der Waals surface area contributed by atoms with Gasteiger partial charge in [0.05, 0.1) is 22.3 Å². The Kier molecular flexibility index (Phi) is 13.5. The minimum atomic E-state index is -0.190. The van der Waals surface area contributed by atoms with Gasteiger partial charge in [0.15, 0.2) is 0 Å². The lowest BCUT2D eigenvalue weighted by atomic mass is 9.33. The molecule has 6 heteroatoms. The van der Waals surface area contributed by atoms with Gasteiger partial charge in [0.25, 0.3) is 6.71 Å². The molecule has 4 heterocycles. The monoisotopic (exact) mass is 1200 g/mol. The summed E-state index contributed by atoms with van der Waals surface area (Å²) in [4.78, 5) is 10.7. The van der Waals surface area contributed by atoms with Gasteiger partial charge >= 0.3 is 0 Å². The number of rotatable bonds is 7. The van der Waals surface area contributed by atoms with Crippen LogP contribution in [0.4, 0.5) is 62.6 Å². The fraction of sp³-hybridized carbons (Fsp3) is 0.302. The molecule has 0 bridgehead atoms. The number of aryl methyl sites for hydroxylation is 2. The largest absolute Gasteiger partial charge is 0.334 e. The van der Waals surface area contributed by atoms with Crippen LogP contribution in [-0.2, 0) is 27.1 Å². The maximum absolute atomic E-state index is 2.78. The zero-order valence-electron chi connectivity index (χ0n) is 57.3. The minimum Gasteiger partial charge on any atom is -0.334 e. The van der Waals surface area contributed by atoms with E-state index in [1.54, 1.807) is 0 Å². The summed E-state index contributed by atoms with van der Waals surface area (Å²) in [5, 5.41) is 2.48. The Morgan fingerprint density at radius 1 is 0.391 bits per heavy atom. The van der Waals surface area contributed by atoms with Crippen LogP contribution in [0.15, 0.2) is 206 Å². The fourth-order valence-electron chi connectivity index (χ4n) is 16.6. The molecular formula is C86H90BN5. The highest BCUT2D eigenvalue weighted by molar-refractivity contribution is 7.00. The summed E-state index contributed by atoms with van der Waals surface area (Å²) < 4.78 is 2.46. The summed E-state index contributed by atoms with van der Waals surface area (Å²) in [5.74, 6) is 0. The fourth-order valence-corrected chi connectivity index (χ4v) is 16.6. The van der Waals surface area contributed by atoms with Crippen LogP contribution < -0.4 is 36.0 Å². The van der Waals surface area contributed by atoms with E-state index in [9.17, 15) is 0 Å². The second-order valence-corrected chi connectivity index (χ2v) is 32.0. The maximum atomic E-state index is 2.78. The molecule has 1 aliphatic carbocycles. The highest BCUT2D eigenvalue weighted by Gasteiger charge is 2.59. The predicted molar refractivity (Wildman–Crippen MR) is 397 cm³/mol. The van der Waals surface area contributed by atoms with Gasteiger partial charge in [0.2, 0.25) is 0 Å². The molecule has 0 spiro atoms. The van der Waals surface area contributed by atoms with Crippen molar-refractivity contribution in [2.45, 2.75) is 169 Å². The van der Waals surface area contributed by atoms with E-state index in [-0.39, 0.29) is 39.3 Å². The van der Waals surface area contributed by atoms with Crippen LogP contribution in [0, 0.1) is 13.8 Å². The number of hydrogen-bond donors (Lipinski definition) is 0. The molecule has 11 aromatic rings. The number of para-hydroxylation sites is 3. The average molecular weight is 1200 g/mol. The quantitative estimate of drug-likeness (QED) is 0.148. The smallest absolute Gasteiger partial charge is 0.252 e. The van der Waals surface area contributed by atoms with E-state index in [1.165, 1.54) is 135 Å². The van der Waals surface area contributed by atoms with Gasteiger partial charge < -0.3 is 24.2 Å². The van der Waals surface area contributed by atoms with Gasteiger partial charge in [0.1, 0.15) is 0 Å². The van der Waals surface area contributed by atoms with Crippen LogP contribution in [0.5, 0.6) is 0 Å². The molecule has 1 aromatic heterocycles. The van der Waals surface area contributed by atoms with E-state index in [1.807, 2.05) is 0 Å². The van der Waals surface area contributed by atoms with E-state index >= 15 is 0 Å². The van der Waals surface area contributed by atoms with E-state index in [4.69, 9.17) is 0 Å². The third-order valence-corrected chi connectivity index (χ3v) is 21.9. The summed E-state index contributed by atoms with van der Waals surface area (Å²) in [5.41, 5.74) is 29.5. The Morgan fingerprint density at radius 2 is 0.880 bits per heavy atom. The topological polar surface area (TPSA) is 17.9 Å². The van der Waals surface area contributed by atoms with Crippen molar-refractivity contribution in [3.8, 4) is 5.69 Å². The molecule has 3 aliphatic heterocycles. The summed E-state index contributed by atoms with van der Waals surface area (Å²) in [7, 11) is 0. The van der Waals surface area contributed by atoms with Crippen molar-refractivity contribution in [3.05, 3.63) is 245 Å². The number of nitrogens with zero attached hydrogens (tertiary/aromatic N) is 5. The third-order valence-electron chi connectivity index (χ3n) is 21.9. The molecular weight excluding hydrogens is 1110 g/mol. The highest BCUT2D eigenvalue weighted by atomic mass is 15.3. The second kappa shape index (κ2) is 20.9. The zero-order chi connectivity index (χ0) is 64.3. The van der Waals surface area contributed by atoms with Gasteiger partial charge in [-0.2, -0.15) is 0 Å². The molecule has 1 saturated carbocycles. The standard InChI is InChI=1S/C86H90BN5/c1-55-47-59(83(9,10)11)48-56(2)80(55)88(65-41-43-68-67-31-23-24-32-72(67)89(73(68)51-65)61-27-19-17-20-28-61)66-42-44-70-75(52-66)90(62-37-33-57(34-38-62)81(3,4)5)77-49-60(84(12,13)14)50-78-79(77)87(70)71-54-74-69(53-76(71)91(78)63-39-35-58(36-40-63)82(6,7)8)85(15)45-25-26-46-86(85,16)92(74)64-29-21-18-22-30-64/h17-24,27-44,47-54H,25-26,45-46H2,1-16H3. The van der Waals surface area contributed by atoms with Crippen LogP contribution in [0.1, 0.15) is 162 Å². The molecule has 2 unspecified atom stereocenters. The number of anilines is 11. The molecule has 10 aromatic carbocycles. The van der Waals surface area contributed by atoms with Gasteiger partial charge in [-0.25, -0.2) is 0 Å². The van der Waals surface area contributed by atoms with Crippen LogP contribution >= 0.6 is 0 Å². The molecule has 92 heavy (non-hydrogen) atoms. The van der Waals surface area contributed by atoms with Crippen molar-refractivity contribution < 1.29 is 0 Å². The van der Waals surface area contributed by atoms with Crippen molar-refractivity contribution in [1.82, 2.24) is 4.57 Å². The number of hydrogen-bond acceptors (Lipinski definition) is 4. The first-order chi connectivity index (χ1) is 43.7. The van der Waals surface area contributed by atoms with Gasteiger partial charge in [-0.05, 0) is 214 Å². The molecule has 462 valence electrons. The lowest BCUT2D eigenvalue weighted by Crippen LogP contribution is -2.61. The molecule has 1 fully saturated rings. The lowest BCUT2D eigenvalue weighted by Gasteiger charge is -2.50. The van der Waals surface area contributed by atoms with Crippen molar-refractivity contribution in [1.29, 1.82) is 0 Å². The minimum absolute atomic E-state index is 0.000139. The summed E-state index contributed by atoms with van der Waals surface area (Å²) in [6.07, 6.45) is 4.70. The predicted octanol–water partition coefficient (Wildman–Crippen LogP) is 21.9. The molecule has 0 radical (unpaired) electrons. The highest BCUT2D eigenvalue weighted by Crippen LogP contribution is 2.62. The molecule has 0 saturated heterocycles. The SMILES string of the molecule is Cc1cc(C(C)(C)C)cc(C)c1N(c1ccc2c(c1)N(c1ccc(C(C)(C)C)cc1)c1cc(C(C)(C)C)cc3c1B2c1cc2c(cc1N3c1ccc(C(C)(C)C)cc1)C1(C)CCCCC1(C)N2c1ccccc1)c1ccc2c3ccccc3n(-c3ccccc3)c2c1. The number of aromatic nitrogens is 1. The van der Waals surface area contributed by atoms with E-state index in [0.717, 1.165) is 35.6 Å². The summed E-state index contributed by atoms with van der Waals surface area (Å²) >= 11 is 0. The van der Waals surface area contributed by atoms with Crippen LogP contribution in [-0.4, -0.2) is 16.8 Å². The molecule has 15 rings (SSSR count). The first-order valence-corrected chi connectivity index (χ1v) is 33.9. The summed E-state index contributed by atoms with van der Waals surface area (Å²) in [6.45, 7) is 37.9. The molecule has 4 aliphatic rings. The Labute approximate surface area is 548 Å². The zero-order valence-corrected chi connectivity index (χ0v) is 57.3. The maximum Gasteiger partial charge on any atom is 0.252 e. The first-order valence-electron chi connectivity index (χ1n) is 33.9. The van der Waals surface area contributed by atoms with Crippen molar-refractivity contribution in [3.63, 3.8) is 0 Å². The van der Waals surface area contributed by atoms with Crippen molar-refractivity contribution >= 4 is 107 Å². The Bertz CT molecular complexity index is 4720. The average Bonchev–Trinajstić information content (AvgIpc) is 1.43. The molecule has 0 N–H and O–H groups in total. The Morgan fingerprint density at radius 3 is 1.46 bits per heavy atom. The normalized spacial score (nSPS) is 17.8. The Balaban J connectivity index is 1.05. The van der Waals surface area contributed by atoms with Crippen LogP contribution in [0.2, 0.25) is 0 Å². The van der Waals surface area contributed by atoms with Crippen molar-refractivity contribution in [2.75, 3.05) is 19.6 Å².